The predicted molar refractivity (Wildman–Crippen MR) is 173 cm³/mol. The maximum absolute atomic E-state index is 13.3. The van der Waals surface area contributed by atoms with E-state index in [-0.39, 0.29) is 36.5 Å². The van der Waals surface area contributed by atoms with Crippen LogP contribution in [0.25, 0.3) is 0 Å². The second-order valence-corrected chi connectivity index (χ2v) is 13.0. The molecule has 242 valence electrons. The van der Waals surface area contributed by atoms with E-state index < -0.39 is 0 Å². The van der Waals surface area contributed by atoms with Gasteiger partial charge in [0.05, 0.1) is 11.8 Å². The lowest BCUT2D eigenvalue weighted by Gasteiger charge is -2.29. The lowest BCUT2D eigenvalue weighted by atomic mass is 9.94. The minimum atomic E-state index is -0.314. The van der Waals surface area contributed by atoms with Crippen LogP contribution >= 0.6 is 0 Å². The van der Waals surface area contributed by atoms with Crippen molar-refractivity contribution in [3.8, 4) is 0 Å². The number of hydrogen-bond acceptors (Lipinski definition) is 5. The Morgan fingerprint density at radius 3 is 1.54 bits per heavy atom. The fourth-order valence-corrected chi connectivity index (χ4v) is 6.03. The number of carbonyl (C=O) groups is 2. The third kappa shape index (κ3) is 20.4. The Kier molecular flexibility index (Phi) is 24.5. The van der Waals surface area contributed by atoms with E-state index in [1.54, 1.807) is 0 Å². The van der Waals surface area contributed by atoms with E-state index >= 15 is 0 Å². The van der Waals surface area contributed by atoms with Gasteiger partial charge < -0.3 is 14.4 Å². The molecule has 0 aromatic rings. The Labute approximate surface area is 255 Å². The van der Waals surface area contributed by atoms with Crippen molar-refractivity contribution >= 4 is 11.9 Å². The Bertz CT molecular complexity index is 617. The zero-order chi connectivity index (χ0) is 30.0. The van der Waals surface area contributed by atoms with Gasteiger partial charge in [-0.25, -0.2) is 0 Å². The van der Waals surface area contributed by atoms with E-state index in [1.165, 1.54) is 96.3 Å². The van der Waals surface area contributed by atoms with Crippen LogP contribution in [0.4, 0.5) is 0 Å². The number of esters is 2. The van der Waals surface area contributed by atoms with Crippen LogP contribution in [0, 0.1) is 11.8 Å². The molecule has 1 aliphatic heterocycles. The van der Waals surface area contributed by atoms with Crippen molar-refractivity contribution in [2.45, 2.75) is 181 Å². The molecular weight excluding hydrogens is 510 g/mol. The van der Waals surface area contributed by atoms with Crippen molar-refractivity contribution in [1.82, 2.24) is 4.90 Å². The summed E-state index contributed by atoms with van der Waals surface area (Å²) in [6.45, 7) is 8.83. The zero-order valence-electron chi connectivity index (χ0n) is 27.9. The van der Waals surface area contributed by atoms with Crippen molar-refractivity contribution in [3.63, 3.8) is 0 Å². The summed E-state index contributed by atoms with van der Waals surface area (Å²) in [6.07, 6.45) is 27.6. The molecule has 2 unspecified atom stereocenters. The second kappa shape index (κ2) is 26.5. The first-order chi connectivity index (χ1) is 20.0. The summed E-state index contributed by atoms with van der Waals surface area (Å²) >= 11 is 0. The smallest absolute Gasteiger partial charge is 0.309 e. The Morgan fingerprint density at radius 1 is 0.634 bits per heavy atom. The molecule has 1 heterocycles. The number of nitrogens with zero attached hydrogens (tertiary/aromatic N) is 1. The maximum Gasteiger partial charge on any atom is 0.309 e. The first-order valence-corrected chi connectivity index (χ1v) is 18.1. The highest BCUT2D eigenvalue weighted by Gasteiger charge is 2.28. The van der Waals surface area contributed by atoms with Gasteiger partial charge in [0, 0.05) is 0 Å². The summed E-state index contributed by atoms with van der Waals surface area (Å²) in [7, 11) is 2.11. The van der Waals surface area contributed by atoms with Crippen LogP contribution < -0.4 is 0 Å². The highest BCUT2D eigenvalue weighted by Crippen LogP contribution is 2.23. The van der Waals surface area contributed by atoms with Gasteiger partial charge in [0.25, 0.3) is 0 Å². The predicted octanol–water partition coefficient (Wildman–Crippen LogP) is 10.0. The standard InChI is InChI=1S/C36H69NO4/c1-5-8-11-14-16-17-18-20-23-26-34(41-36(39)33-27-29-37(4)30-28-33)31-40-35(38)32(24-21-13-10-7-3)25-22-19-15-12-9-6-2/h32-34H,5-31H2,1-4H3. The van der Waals surface area contributed by atoms with Crippen LogP contribution in [0.2, 0.25) is 0 Å². The van der Waals surface area contributed by atoms with Crippen LogP contribution in [0.3, 0.4) is 0 Å². The lowest BCUT2D eigenvalue weighted by molar-refractivity contribution is -0.166. The van der Waals surface area contributed by atoms with E-state index in [0.717, 1.165) is 70.9 Å². The molecule has 0 aliphatic carbocycles. The summed E-state index contributed by atoms with van der Waals surface area (Å²) in [4.78, 5) is 28.6. The number of unbranched alkanes of at least 4 members (excludes halogenated alkanes) is 16. The van der Waals surface area contributed by atoms with Crippen molar-refractivity contribution < 1.29 is 19.1 Å². The molecule has 0 aromatic carbocycles. The number of carbonyl (C=O) groups excluding carboxylic acids is 2. The summed E-state index contributed by atoms with van der Waals surface area (Å²) in [5, 5.41) is 0. The molecule has 41 heavy (non-hydrogen) atoms. The van der Waals surface area contributed by atoms with Crippen molar-refractivity contribution in [2.24, 2.45) is 11.8 Å². The molecule has 0 N–H and O–H groups in total. The van der Waals surface area contributed by atoms with Crippen molar-refractivity contribution in [2.75, 3.05) is 26.7 Å². The van der Waals surface area contributed by atoms with Crippen LogP contribution in [-0.2, 0) is 19.1 Å². The largest absolute Gasteiger partial charge is 0.462 e. The number of hydrogen-bond donors (Lipinski definition) is 0. The summed E-state index contributed by atoms with van der Waals surface area (Å²) in [5.41, 5.74) is 0. The average Bonchev–Trinajstić information content (AvgIpc) is 2.97. The molecule has 0 bridgehead atoms. The summed E-state index contributed by atoms with van der Waals surface area (Å²) in [6, 6.07) is 0. The summed E-state index contributed by atoms with van der Waals surface area (Å²) < 4.78 is 12.0. The molecule has 2 atom stereocenters. The minimum absolute atomic E-state index is 0.0176. The van der Waals surface area contributed by atoms with Gasteiger partial charge in [0.15, 0.2) is 0 Å². The number of ether oxygens (including phenoxy) is 2. The minimum Gasteiger partial charge on any atom is -0.462 e. The SMILES string of the molecule is CCCCCCCCCCCC(COC(=O)C(CCCCCC)CCCCCCCC)OC(=O)C1CCN(C)CC1. The molecule has 1 saturated heterocycles. The number of piperidine rings is 1. The quantitative estimate of drug-likeness (QED) is 0.0716. The van der Waals surface area contributed by atoms with Gasteiger partial charge in [-0.3, -0.25) is 9.59 Å². The molecule has 1 fully saturated rings. The Morgan fingerprint density at radius 2 is 1.05 bits per heavy atom. The number of rotatable bonds is 27. The van der Waals surface area contributed by atoms with Gasteiger partial charge in [-0.1, -0.05) is 136 Å². The topological polar surface area (TPSA) is 55.8 Å². The van der Waals surface area contributed by atoms with Crippen LogP contribution in [0.1, 0.15) is 175 Å². The third-order valence-corrected chi connectivity index (χ3v) is 9.02. The van der Waals surface area contributed by atoms with E-state index in [2.05, 4.69) is 32.7 Å². The highest BCUT2D eigenvalue weighted by atomic mass is 16.6. The van der Waals surface area contributed by atoms with E-state index in [0.29, 0.717) is 0 Å². The van der Waals surface area contributed by atoms with Gasteiger partial charge in [0.2, 0.25) is 0 Å². The normalized spacial score (nSPS) is 16.0. The molecule has 0 amide bonds. The first-order valence-electron chi connectivity index (χ1n) is 18.1. The molecule has 5 nitrogen and oxygen atoms in total. The molecule has 5 heteroatoms. The molecule has 0 aromatic heterocycles. The summed E-state index contributed by atoms with van der Waals surface area (Å²) in [5.74, 6) is -0.191. The van der Waals surface area contributed by atoms with Gasteiger partial charge in [-0.2, -0.15) is 0 Å². The molecule has 1 rings (SSSR count). The average molecular weight is 580 g/mol. The maximum atomic E-state index is 13.3. The van der Waals surface area contributed by atoms with Crippen LogP contribution in [-0.4, -0.2) is 49.7 Å². The number of likely N-dealkylation sites (tertiary alicyclic amines) is 1. The fourth-order valence-electron chi connectivity index (χ4n) is 6.03. The van der Waals surface area contributed by atoms with E-state index in [9.17, 15) is 9.59 Å². The van der Waals surface area contributed by atoms with Crippen LogP contribution in [0.15, 0.2) is 0 Å². The molecule has 0 saturated carbocycles. The monoisotopic (exact) mass is 580 g/mol. The lowest BCUT2D eigenvalue weighted by Crippen LogP contribution is -2.36. The van der Waals surface area contributed by atoms with Crippen molar-refractivity contribution in [1.29, 1.82) is 0 Å². The molecule has 0 radical (unpaired) electrons. The van der Waals surface area contributed by atoms with Crippen molar-refractivity contribution in [3.05, 3.63) is 0 Å². The molecular formula is C36H69NO4. The van der Waals surface area contributed by atoms with E-state index in [1.807, 2.05) is 0 Å². The van der Waals surface area contributed by atoms with Gasteiger partial charge in [-0.15, -0.1) is 0 Å². The van der Waals surface area contributed by atoms with Gasteiger partial charge in [-0.05, 0) is 58.7 Å². The highest BCUT2D eigenvalue weighted by molar-refractivity contribution is 5.73. The molecule has 1 aliphatic rings. The zero-order valence-corrected chi connectivity index (χ0v) is 27.9. The third-order valence-electron chi connectivity index (χ3n) is 9.02. The van der Waals surface area contributed by atoms with Gasteiger partial charge in [0.1, 0.15) is 12.7 Å². The Balaban J connectivity index is 2.58. The fraction of sp³-hybridized carbons (Fsp3) is 0.944. The van der Waals surface area contributed by atoms with Crippen LogP contribution in [0.5, 0.6) is 0 Å². The second-order valence-electron chi connectivity index (χ2n) is 13.0. The molecule has 0 spiro atoms. The first kappa shape index (κ1) is 37.9. The van der Waals surface area contributed by atoms with Gasteiger partial charge >= 0.3 is 11.9 Å². The Hall–Kier alpha value is -1.10. The van der Waals surface area contributed by atoms with E-state index in [4.69, 9.17) is 9.47 Å².